The van der Waals surface area contributed by atoms with Crippen molar-refractivity contribution in [3.8, 4) is 5.75 Å². The highest BCUT2D eigenvalue weighted by Gasteiger charge is 2.44. The number of carbonyl (C=O) groups is 1. The molecule has 2 heterocycles. The van der Waals surface area contributed by atoms with Gasteiger partial charge in [0.25, 0.3) is 5.91 Å². The zero-order valence-electron chi connectivity index (χ0n) is 17.0. The Kier molecular flexibility index (Phi) is 6.00. The summed E-state index contributed by atoms with van der Waals surface area (Å²) in [6.07, 6.45) is 0.0962. The van der Waals surface area contributed by atoms with Crippen LogP contribution >= 0.6 is 0 Å². The molecule has 1 aliphatic rings. The van der Waals surface area contributed by atoms with Gasteiger partial charge in [-0.15, -0.1) is 0 Å². The monoisotopic (exact) mass is 462 g/mol. The second-order valence-electron chi connectivity index (χ2n) is 7.54. The molecule has 3 rings (SSSR count). The molecule has 2 aromatic rings. The fourth-order valence-corrected chi connectivity index (χ4v) is 3.66. The van der Waals surface area contributed by atoms with Crippen molar-refractivity contribution >= 4 is 15.7 Å². The molecule has 0 saturated heterocycles. The third-order valence-corrected chi connectivity index (χ3v) is 6.88. The van der Waals surface area contributed by atoms with E-state index in [1.165, 1.54) is 20.0 Å². The number of aryl methyl sites for hydroxylation is 1. The molecule has 13 heteroatoms. The zero-order valence-corrected chi connectivity index (χ0v) is 17.8. The van der Waals surface area contributed by atoms with Crippen LogP contribution in [-0.4, -0.2) is 48.5 Å². The number of ether oxygens (including phenoxy) is 1. The van der Waals surface area contributed by atoms with E-state index < -0.39 is 33.4 Å². The fourth-order valence-electron chi connectivity index (χ4n) is 2.97. The standard InChI is InChI=1S/C18H21F3N4O5S/c1-10-23-16(25-30-10)17(2,31(3,27)28)24-15(26)13-7-14(29-9-18(19,20)21)12(8-22-13)11-5-4-6-11/h7-8,11H,4-6,9H2,1-3H3,(H,24,26). The third kappa shape index (κ3) is 4.97. The molecule has 0 radical (unpaired) electrons. The molecule has 0 bridgehead atoms. The lowest BCUT2D eigenvalue weighted by Crippen LogP contribution is -2.50. The summed E-state index contributed by atoms with van der Waals surface area (Å²) in [4.78, 5) is 18.7. The maximum absolute atomic E-state index is 12.8. The second-order valence-corrected chi connectivity index (χ2v) is 9.90. The highest BCUT2D eigenvalue weighted by Crippen LogP contribution is 2.41. The molecule has 31 heavy (non-hydrogen) atoms. The molecule has 1 amide bonds. The number of hydrogen-bond acceptors (Lipinski definition) is 8. The first-order valence-electron chi connectivity index (χ1n) is 9.32. The van der Waals surface area contributed by atoms with Crippen molar-refractivity contribution in [2.45, 2.75) is 50.1 Å². The van der Waals surface area contributed by atoms with Crippen LogP contribution in [-0.2, 0) is 14.7 Å². The van der Waals surface area contributed by atoms with E-state index in [0.717, 1.165) is 31.6 Å². The first-order valence-corrected chi connectivity index (χ1v) is 11.2. The fraction of sp³-hybridized carbons (Fsp3) is 0.556. The summed E-state index contributed by atoms with van der Waals surface area (Å²) in [6.45, 7) is 1.10. The van der Waals surface area contributed by atoms with Gasteiger partial charge in [-0.05, 0) is 25.7 Å². The van der Waals surface area contributed by atoms with E-state index in [0.29, 0.717) is 5.56 Å². The van der Waals surface area contributed by atoms with Crippen LogP contribution in [0.4, 0.5) is 13.2 Å². The number of nitrogens with zero attached hydrogens (tertiary/aromatic N) is 3. The highest BCUT2D eigenvalue weighted by atomic mass is 32.2. The van der Waals surface area contributed by atoms with Gasteiger partial charge in [0.05, 0.1) is 0 Å². The molecule has 170 valence electrons. The molecular formula is C18H21F3N4O5S. The second kappa shape index (κ2) is 8.09. The minimum atomic E-state index is -4.56. The number of sulfone groups is 1. The predicted octanol–water partition coefficient (Wildman–Crippen LogP) is 2.63. The van der Waals surface area contributed by atoms with Gasteiger partial charge in [-0.2, -0.15) is 18.2 Å². The number of nitrogens with one attached hydrogen (secondary N) is 1. The molecule has 1 N–H and O–H groups in total. The minimum Gasteiger partial charge on any atom is -0.484 e. The van der Waals surface area contributed by atoms with Crippen molar-refractivity contribution in [3.05, 3.63) is 35.2 Å². The Morgan fingerprint density at radius 3 is 2.52 bits per heavy atom. The van der Waals surface area contributed by atoms with E-state index in [4.69, 9.17) is 9.26 Å². The number of amides is 1. The summed E-state index contributed by atoms with van der Waals surface area (Å²) in [7, 11) is -3.99. The Morgan fingerprint density at radius 2 is 2.03 bits per heavy atom. The van der Waals surface area contributed by atoms with Gasteiger partial charge in [0.1, 0.15) is 11.4 Å². The molecule has 1 saturated carbocycles. The summed E-state index contributed by atoms with van der Waals surface area (Å²) in [6, 6.07) is 1.08. The average Bonchev–Trinajstić information content (AvgIpc) is 3.04. The average molecular weight is 462 g/mol. The van der Waals surface area contributed by atoms with Gasteiger partial charge in [-0.25, -0.2) is 8.42 Å². The predicted molar refractivity (Wildman–Crippen MR) is 101 cm³/mol. The van der Waals surface area contributed by atoms with Crippen LogP contribution in [0.5, 0.6) is 5.75 Å². The van der Waals surface area contributed by atoms with Crippen LogP contribution in [0.3, 0.4) is 0 Å². The van der Waals surface area contributed by atoms with Crippen molar-refractivity contribution in [1.29, 1.82) is 0 Å². The zero-order chi connectivity index (χ0) is 23.0. The van der Waals surface area contributed by atoms with Crippen LogP contribution in [0, 0.1) is 6.92 Å². The van der Waals surface area contributed by atoms with Gasteiger partial charge >= 0.3 is 6.18 Å². The van der Waals surface area contributed by atoms with Gasteiger partial charge < -0.3 is 14.6 Å². The van der Waals surface area contributed by atoms with E-state index in [9.17, 15) is 26.4 Å². The minimum absolute atomic E-state index is 0.00330. The van der Waals surface area contributed by atoms with Gasteiger partial charge in [0.15, 0.2) is 16.4 Å². The topological polar surface area (TPSA) is 124 Å². The van der Waals surface area contributed by atoms with Crippen molar-refractivity contribution in [3.63, 3.8) is 0 Å². The largest absolute Gasteiger partial charge is 0.484 e. The Balaban J connectivity index is 1.92. The van der Waals surface area contributed by atoms with E-state index in [1.54, 1.807) is 0 Å². The molecule has 9 nitrogen and oxygen atoms in total. The number of rotatable bonds is 7. The summed E-state index contributed by atoms with van der Waals surface area (Å²) in [5.74, 6) is -1.27. The van der Waals surface area contributed by atoms with Crippen LogP contribution in [0.15, 0.2) is 16.8 Å². The van der Waals surface area contributed by atoms with Crippen molar-refractivity contribution in [1.82, 2.24) is 20.4 Å². The third-order valence-electron chi connectivity index (χ3n) is 5.11. The number of aromatic nitrogens is 3. The molecule has 1 unspecified atom stereocenters. The summed E-state index contributed by atoms with van der Waals surface area (Å²) >= 11 is 0. The van der Waals surface area contributed by atoms with Crippen LogP contribution in [0.1, 0.15) is 59.9 Å². The number of halogens is 3. The molecule has 0 aliphatic heterocycles. The van der Waals surface area contributed by atoms with Gasteiger partial charge in [-0.1, -0.05) is 11.6 Å². The Hall–Kier alpha value is -2.70. The molecule has 0 aromatic carbocycles. The van der Waals surface area contributed by atoms with Gasteiger partial charge in [0, 0.05) is 31.0 Å². The van der Waals surface area contributed by atoms with Crippen molar-refractivity contribution < 1.29 is 35.6 Å². The summed E-state index contributed by atoms with van der Waals surface area (Å²) in [5, 5.41) is 5.88. The van der Waals surface area contributed by atoms with Crippen molar-refractivity contribution in [2.24, 2.45) is 0 Å². The van der Waals surface area contributed by atoms with Crippen LogP contribution in [0.25, 0.3) is 0 Å². The van der Waals surface area contributed by atoms with Gasteiger partial charge in [0.2, 0.25) is 16.6 Å². The normalized spacial score (nSPS) is 17.0. The summed E-state index contributed by atoms with van der Waals surface area (Å²) < 4.78 is 72.5. The molecule has 0 spiro atoms. The van der Waals surface area contributed by atoms with E-state index >= 15 is 0 Å². The molecule has 1 atom stereocenters. The van der Waals surface area contributed by atoms with E-state index in [2.05, 4.69) is 20.4 Å². The number of pyridine rings is 1. The van der Waals surface area contributed by atoms with Crippen LogP contribution in [0.2, 0.25) is 0 Å². The quantitative estimate of drug-likeness (QED) is 0.666. The highest BCUT2D eigenvalue weighted by molar-refractivity contribution is 7.91. The first kappa shape index (κ1) is 23.0. The van der Waals surface area contributed by atoms with Crippen molar-refractivity contribution in [2.75, 3.05) is 12.9 Å². The molecular weight excluding hydrogens is 441 g/mol. The molecule has 1 fully saturated rings. The number of carbonyl (C=O) groups excluding carboxylic acids is 1. The van der Waals surface area contributed by atoms with E-state index in [-0.39, 0.29) is 29.1 Å². The lowest BCUT2D eigenvalue weighted by molar-refractivity contribution is -0.153. The maximum atomic E-state index is 12.8. The summed E-state index contributed by atoms with van der Waals surface area (Å²) in [5.41, 5.74) is 0.169. The van der Waals surface area contributed by atoms with Crippen LogP contribution < -0.4 is 10.1 Å². The molecule has 2 aromatic heterocycles. The SMILES string of the molecule is Cc1nc(C(C)(NC(=O)c2cc(OCC(F)(F)F)c(C3CCC3)cn2)S(C)(=O)=O)no1. The Morgan fingerprint density at radius 1 is 1.35 bits per heavy atom. The van der Waals surface area contributed by atoms with Gasteiger partial charge in [-0.3, -0.25) is 9.78 Å². The number of alkyl halides is 3. The Labute approximate surface area is 176 Å². The first-order chi connectivity index (χ1) is 14.3. The Bertz CT molecular complexity index is 1080. The lowest BCUT2D eigenvalue weighted by Gasteiger charge is -2.28. The smallest absolute Gasteiger partial charge is 0.422 e. The number of hydrogen-bond donors (Lipinski definition) is 1. The maximum Gasteiger partial charge on any atom is 0.422 e. The lowest BCUT2D eigenvalue weighted by atomic mass is 9.80. The van der Waals surface area contributed by atoms with E-state index in [1.807, 2.05) is 0 Å². The molecule has 1 aliphatic carbocycles.